The van der Waals surface area contributed by atoms with Crippen molar-refractivity contribution in [3.05, 3.63) is 0 Å². The van der Waals surface area contributed by atoms with Gasteiger partial charge in [-0.05, 0) is 19.3 Å². The maximum Gasteiger partial charge on any atom is 0.132 e. The van der Waals surface area contributed by atoms with Gasteiger partial charge in [-0.15, -0.1) is 0 Å². The van der Waals surface area contributed by atoms with Crippen LogP contribution in [0, 0.1) is 0 Å². The number of carbonyl (C=O) groups is 2. The Hall–Kier alpha value is -0.660. The molecule has 0 spiro atoms. The summed E-state index contributed by atoms with van der Waals surface area (Å²) in [6, 6.07) is 0. The first-order chi connectivity index (χ1) is 14.8. The molecule has 0 aromatic carbocycles. The second kappa shape index (κ2) is 26.4. The summed E-state index contributed by atoms with van der Waals surface area (Å²) >= 11 is 0. The minimum absolute atomic E-state index is 0.482. The van der Waals surface area contributed by atoms with E-state index in [9.17, 15) is 9.59 Å². The van der Waals surface area contributed by atoms with Gasteiger partial charge < -0.3 is 4.79 Å². The van der Waals surface area contributed by atoms with Crippen LogP contribution >= 0.6 is 0 Å². The molecule has 2 nitrogen and oxygen atoms in total. The third kappa shape index (κ3) is 25.4. The maximum absolute atomic E-state index is 12.0. The lowest BCUT2D eigenvalue weighted by molar-refractivity contribution is -0.119. The van der Waals surface area contributed by atoms with E-state index in [1.54, 1.807) is 0 Å². The Balaban J connectivity index is 3.13. The van der Waals surface area contributed by atoms with Crippen LogP contribution < -0.4 is 0 Å². The molecular formula is C28H54O2. The molecule has 0 aromatic heterocycles. The van der Waals surface area contributed by atoms with Crippen molar-refractivity contribution in [3.8, 4) is 0 Å². The van der Waals surface area contributed by atoms with Crippen LogP contribution in [-0.4, -0.2) is 12.1 Å². The molecule has 0 radical (unpaired) electrons. The normalized spacial score (nSPS) is 11.1. The highest BCUT2D eigenvalue weighted by atomic mass is 16.1. The average molecular weight is 423 g/mol. The molecule has 0 atom stereocenters. The van der Waals surface area contributed by atoms with E-state index in [0.29, 0.717) is 12.2 Å². The fraction of sp³-hybridized carbons (Fsp3) is 0.929. The highest BCUT2D eigenvalue weighted by Crippen LogP contribution is 2.15. The summed E-state index contributed by atoms with van der Waals surface area (Å²) in [5.74, 6) is 0.482. The Kier molecular flexibility index (Phi) is 25.8. The van der Waals surface area contributed by atoms with Gasteiger partial charge in [-0.1, -0.05) is 129 Å². The van der Waals surface area contributed by atoms with Gasteiger partial charge in [0.05, 0.1) is 0 Å². The van der Waals surface area contributed by atoms with Crippen molar-refractivity contribution in [2.24, 2.45) is 0 Å². The van der Waals surface area contributed by atoms with Crippen molar-refractivity contribution in [1.29, 1.82) is 0 Å². The van der Waals surface area contributed by atoms with Gasteiger partial charge >= 0.3 is 0 Å². The molecule has 2 heteroatoms. The quantitative estimate of drug-likeness (QED) is 0.103. The van der Waals surface area contributed by atoms with Gasteiger partial charge in [-0.2, -0.15) is 0 Å². The smallest absolute Gasteiger partial charge is 0.132 e. The molecule has 0 fully saturated rings. The lowest BCUT2D eigenvalue weighted by Gasteiger charge is -2.04. The molecule has 0 aliphatic heterocycles. The number of Topliss-reactive ketones (excluding diaryl/α,β-unsaturated/α-hetero) is 1. The molecule has 0 aliphatic carbocycles. The van der Waals surface area contributed by atoms with Crippen molar-refractivity contribution in [2.75, 3.05) is 0 Å². The summed E-state index contributed by atoms with van der Waals surface area (Å²) in [6.45, 7) is 2.28. The van der Waals surface area contributed by atoms with E-state index in [1.165, 1.54) is 122 Å². The van der Waals surface area contributed by atoms with Crippen LogP contribution in [0.1, 0.15) is 167 Å². The van der Waals surface area contributed by atoms with Gasteiger partial charge in [0.15, 0.2) is 0 Å². The molecule has 0 N–H and O–H groups in total. The van der Waals surface area contributed by atoms with Gasteiger partial charge in [0, 0.05) is 19.3 Å². The molecular weight excluding hydrogens is 368 g/mol. The molecule has 0 aromatic rings. The lowest BCUT2D eigenvalue weighted by atomic mass is 10.0. The molecule has 0 rings (SSSR count). The summed E-state index contributed by atoms with van der Waals surface area (Å²) in [4.78, 5) is 22.2. The molecule has 0 amide bonds. The largest absolute Gasteiger partial charge is 0.303 e. The monoisotopic (exact) mass is 422 g/mol. The fourth-order valence-corrected chi connectivity index (χ4v) is 4.25. The van der Waals surface area contributed by atoms with E-state index in [4.69, 9.17) is 0 Å². The second-order valence-electron chi connectivity index (χ2n) is 9.42. The predicted molar refractivity (Wildman–Crippen MR) is 132 cm³/mol. The SMILES string of the molecule is CCCCCCCCCCCCCCCCCC(=O)CCCCCCCCCC=O. The summed E-state index contributed by atoms with van der Waals surface area (Å²) in [5, 5.41) is 0. The minimum Gasteiger partial charge on any atom is -0.303 e. The van der Waals surface area contributed by atoms with Gasteiger partial charge in [0.1, 0.15) is 12.1 Å². The molecule has 0 saturated carbocycles. The third-order valence-electron chi connectivity index (χ3n) is 6.34. The van der Waals surface area contributed by atoms with Gasteiger partial charge in [0.25, 0.3) is 0 Å². The van der Waals surface area contributed by atoms with E-state index < -0.39 is 0 Å². The van der Waals surface area contributed by atoms with E-state index >= 15 is 0 Å². The molecule has 0 bridgehead atoms. The Labute approximate surface area is 189 Å². The topological polar surface area (TPSA) is 34.1 Å². The number of carbonyl (C=O) groups excluding carboxylic acids is 2. The highest BCUT2D eigenvalue weighted by Gasteiger charge is 2.02. The van der Waals surface area contributed by atoms with Crippen LogP contribution in [0.4, 0.5) is 0 Å². The molecule has 0 aliphatic rings. The Morgan fingerprint density at radius 3 is 1.10 bits per heavy atom. The van der Waals surface area contributed by atoms with Crippen LogP contribution in [0.25, 0.3) is 0 Å². The number of aldehydes is 1. The number of ketones is 1. The standard InChI is InChI=1S/C28H54O2/c1-2-3-4-5-6-7-8-9-10-11-12-13-16-19-22-25-28(30)26-23-20-17-14-15-18-21-24-27-29/h27H,2-26H2,1H3. The van der Waals surface area contributed by atoms with Gasteiger partial charge in [-0.25, -0.2) is 0 Å². The van der Waals surface area contributed by atoms with E-state index in [0.717, 1.165) is 38.4 Å². The first kappa shape index (κ1) is 29.3. The first-order valence-corrected chi connectivity index (χ1v) is 13.8. The number of unbranched alkanes of at least 4 members (excludes halogenated alkanes) is 21. The van der Waals surface area contributed by atoms with E-state index in [1.807, 2.05) is 0 Å². The van der Waals surface area contributed by atoms with Crippen molar-refractivity contribution < 1.29 is 9.59 Å². The average Bonchev–Trinajstić information content (AvgIpc) is 2.75. The van der Waals surface area contributed by atoms with Crippen LogP contribution in [0.3, 0.4) is 0 Å². The summed E-state index contributed by atoms with van der Waals surface area (Å²) in [7, 11) is 0. The second-order valence-corrected chi connectivity index (χ2v) is 9.42. The summed E-state index contributed by atoms with van der Waals surface area (Å²) in [5.41, 5.74) is 0. The van der Waals surface area contributed by atoms with Crippen molar-refractivity contribution in [3.63, 3.8) is 0 Å². The molecule has 0 unspecified atom stereocenters. The zero-order chi connectivity index (χ0) is 22.0. The molecule has 178 valence electrons. The Morgan fingerprint density at radius 1 is 0.467 bits per heavy atom. The predicted octanol–water partition coefficient (Wildman–Crippen LogP) is 9.53. The minimum atomic E-state index is 0.482. The van der Waals surface area contributed by atoms with Crippen molar-refractivity contribution in [2.45, 2.75) is 167 Å². The third-order valence-corrected chi connectivity index (χ3v) is 6.34. The zero-order valence-corrected chi connectivity index (χ0v) is 20.6. The van der Waals surface area contributed by atoms with Crippen LogP contribution in [0.5, 0.6) is 0 Å². The fourth-order valence-electron chi connectivity index (χ4n) is 4.25. The summed E-state index contributed by atoms with van der Waals surface area (Å²) < 4.78 is 0. The van der Waals surface area contributed by atoms with Gasteiger partial charge in [-0.3, -0.25) is 4.79 Å². The highest BCUT2D eigenvalue weighted by molar-refractivity contribution is 5.78. The van der Waals surface area contributed by atoms with Crippen LogP contribution in [-0.2, 0) is 9.59 Å². The van der Waals surface area contributed by atoms with Crippen molar-refractivity contribution in [1.82, 2.24) is 0 Å². The molecule has 0 saturated heterocycles. The molecule has 0 heterocycles. The van der Waals surface area contributed by atoms with E-state index in [2.05, 4.69) is 6.92 Å². The van der Waals surface area contributed by atoms with E-state index in [-0.39, 0.29) is 0 Å². The number of hydrogen-bond acceptors (Lipinski definition) is 2. The first-order valence-electron chi connectivity index (χ1n) is 13.8. The van der Waals surface area contributed by atoms with Crippen molar-refractivity contribution >= 4 is 12.1 Å². The van der Waals surface area contributed by atoms with Crippen LogP contribution in [0.2, 0.25) is 0 Å². The molecule has 30 heavy (non-hydrogen) atoms. The Morgan fingerprint density at radius 2 is 0.767 bits per heavy atom. The Bertz CT molecular complexity index is 351. The van der Waals surface area contributed by atoms with Crippen LogP contribution in [0.15, 0.2) is 0 Å². The van der Waals surface area contributed by atoms with Gasteiger partial charge in [0.2, 0.25) is 0 Å². The number of hydrogen-bond donors (Lipinski definition) is 0. The maximum atomic E-state index is 12.0. The zero-order valence-electron chi connectivity index (χ0n) is 20.6. The lowest BCUT2D eigenvalue weighted by Crippen LogP contribution is -1.97. The summed E-state index contributed by atoms with van der Waals surface area (Å²) in [6.07, 6.45) is 32.2. The number of rotatable bonds is 26.